The zero-order valence-electron chi connectivity index (χ0n) is 16.7. The van der Waals surface area contributed by atoms with Gasteiger partial charge in [-0.2, -0.15) is 5.26 Å². The fourth-order valence-corrected chi connectivity index (χ4v) is 2.80. The number of phenols is 2. The average molecular weight is 373 g/mol. The Bertz CT molecular complexity index is 914. The van der Waals surface area contributed by atoms with Crippen molar-refractivity contribution in [2.24, 2.45) is 0 Å². The molecule has 3 nitrogen and oxygen atoms in total. The molecular weight excluding hydrogens is 346 g/mol. The third-order valence-corrected chi connectivity index (χ3v) is 4.48. The van der Waals surface area contributed by atoms with Gasteiger partial charge in [0.15, 0.2) is 0 Å². The number of nitrogens with zero attached hydrogens (tertiary/aromatic N) is 1. The molecule has 0 aliphatic heterocycles. The van der Waals surface area contributed by atoms with Crippen LogP contribution in [0.15, 0.2) is 59.7 Å². The van der Waals surface area contributed by atoms with Gasteiger partial charge in [0.1, 0.15) is 11.5 Å². The van der Waals surface area contributed by atoms with Crippen LogP contribution in [0.1, 0.15) is 55.9 Å². The van der Waals surface area contributed by atoms with Gasteiger partial charge >= 0.3 is 0 Å². The van der Waals surface area contributed by atoms with E-state index < -0.39 is 0 Å². The highest BCUT2D eigenvalue weighted by Gasteiger charge is 2.08. The van der Waals surface area contributed by atoms with Gasteiger partial charge in [0.05, 0.1) is 11.6 Å². The predicted octanol–water partition coefficient (Wildman–Crippen LogP) is 6.38. The Labute approximate surface area is 167 Å². The summed E-state index contributed by atoms with van der Waals surface area (Å²) < 4.78 is 0. The molecule has 0 heterocycles. The number of rotatable bonds is 7. The zero-order valence-corrected chi connectivity index (χ0v) is 16.7. The van der Waals surface area contributed by atoms with Crippen molar-refractivity contribution in [3.63, 3.8) is 0 Å². The maximum absolute atomic E-state index is 10.3. The van der Waals surface area contributed by atoms with E-state index >= 15 is 0 Å². The summed E-state index contributed by atoms with van der Waals surface area (Å²) in [4.78, 5) is 0. The molecule has 0 radical (unpaired) electrons. The highest BCUT2D eigenvalue weighted by molar-refractivity contribution is 5.72. The maximum atomic E-state index is 10.3. The van der Waals surface area contributed by atoms with Crippen LogP contribution in [0, 0.1) is 11.3 Å². The summed E-state index contributed by atoms with van der Waals surface area (Å²) in [5.74, 6) is 0.181. The molecule has 0 atom stereocenters. The van der Waals surface area contributed by atoms with E-state index in [1.54, 1.807) is 24.3 Å². The van der Waals surface area contributed by atoms with Gasteiger partial charge < -0.3 is 10.2 Å². The SMILES string of the molecule is CC(C)=CCCC(C)=CCc1c(O)cc(C=Cc2ccc(C#N)cc2)cc1O. The van der Waals surface area contributed by atoms with Crippen molar-refractivity contribution in [2.75, 3.05) is 0 Å². The van der Waals surface area contributed by atoms with Gasteiger partial charge in [0.2, 0.25) is 0 Å². The first-order valence-electron chi connectivity index (χ1n) is 9.41. The standard InChI is InChI=1S/C25H27NO2/c1-18(2)5-4-6-19(3)7-14-23-24(27)15-22(16-25(23)28)13-10-20-8-11-21(17-26)12-9-20/h5,7-13,15-16,27-28H,4,6,14H2,1-3H3. The first-order valence-corrected chi connectivity index (χ1v) is 9.41. The number of phenolic OH excluding ortho intramolecular Hbond substituents is 2. The lowest BCUT2D eigenvalue weighted by atomic mass is 10.0. The molecule has 0 aliphatic rings. The summed E-state index contributed by atoms with van der Waals surface area (Å²) in [5, 5.41) is 29.5. The Morgan fingerprint density at radius 1 is 0.929 bits per heavy atom. The van der Waals surface area contributed by atoms with E-state index in [-0.39, 0.29) is 11.5 Å². The van der Waals surface area contributed by atoms with Crippen LogP contribution in [0.2, 0.25) is 0 Å². The topological polar surface area (TPSA) is 64.2 Å². The smallest absolute Gasteiger partial charge is 0.123 e. The van der Waals surface area contributed by atoms with Crippen LogP contribution in [-0.2, 0) is 6.42 Å². The van der Waals surface area contributed by atoms with Gasteiger partial charge in [-0.15, -0.1) is 0 Å². The lowest BCUT2D eigenvalue weighted by Crippen LogP contribution is -1.88. The summed E-state index contributed by atoms with van der Waals surface area (Å²) >= 11 is 0. The summed E-state index contributed by atoms with van der Waals surface area (Å²) in [6.07, 6.45) is 10.4. The minimum absolute atomic E-state index is 0.0906. The van der Waals surface area contributed by atoms with E-state index in [1.807, 2.05) is 24.3 Å². The molecule has 0 spiro atoms. The maximum Gasteiger partial charge on any atom is 0.123 e. The molecule has 0 bridgehead atoms. The fourth-order valence-electron chi connectivity index (χ4n) is 2.80. The molecule has 0 saturated heterocycles. The Morgan fingerprint density at radius 2 is 1.54 bits per heavy atom. The highest BCUT2D eigenvalue weighted by Crippen LogP contribution is 2.31. The monoisotopic (exact) mass is 373 g/mol. The van der Waals surface area contributed by atoms with Gasteiger partial charge in [0, 0.05) is 5.56 Å². The van der Waals surface area contributed by atoms with Crippen molar-refractivity contribution in [1.82, 2.24) is 0 Å². The number of nitriles is 1. The fraction of sp³-hybridized carbons (Fsp3) is 0.240. The molecule has 2 rings (SSSR count). The average Bonchev–Trinajstić information content (AvgIpc) is 2.65. The van der Waals surface area contributed by atoms with Crippen molar-refractivity contribution < 1.29 is 10.2 Å². The molecule has 28 heavy (non-hydrogen) atoms. The minimum atomic E-state index is 0.0906. The largest absolute Gasteiger partial charge is 0.507 e. The van der Waals surface area contributed by atoms with Gasteiger partial charge in [-0.25, -0.2) is 0 Å². The second kappa shape index (κ2) is 10.2. The summed E-state index contributed by atoms with van der Waals surface area (Å²) in [5.41, 5.74) is 5.36. The Kier molecular flexibility index (Phi) is 7.65. The van der Waals surface area contributed by atoms with Crippen LogP contribution in [0.5, 0.6) is 11.5 Å². The molecule has 144 valence electrons. The van der Waals surface area contributed by atoms with E-state index in [1.165, 1.54) is 11.1 Å². The van der Waals surface area contributed by atoms with Gasteiger partial charge in [-0.3, -0.25) is 0 Å². The Hall–Kier alpha value is -3.25. The number of benzene rings is 2. The molecule has 2 aromatic carbocycles. The third-order valence-electron chi connectivity index (χ3n) is 4.48. The first kappa shape index (κ1) is 21.1. The Morgan fingerprint density at radius 3 is 2.11 bits per heavy atom. The van der Waals surface area contributed by atoms with Crippen LogP contribution in [0.3, 0.4) is 0 Å². The number of hydrogen-bond acceptors (Lipinski definition) is 3. The third kappa shape index (κ3) is 6.48. The lowest BCUT2D eigenvalue weighted by molar-refractivity contribution is 0.440. The van der Waals surface area contributed by atoms with Crippen molar-refractivity contribution >= 4 is 12.2 Å². The molecule has 0 amide bonds. The van der Waals surface area contributed by atoms with Gasteiger partial charge in [-0.1, -0.05) is 47.6 Å². The molecule has 2 aromatic rings. The summed E-state index contributed by atoms with van der Waals surface area (Å²) in [7, 11) is 0. The molecule has 3 heteroatoms. The molecule has 0 aliphatic carbocycles. The predicted molar refractivity (Wildman–Crippen MR) is 116 cm³/mol. The second-order valence-electron chi connectivity index (χ2n) is 7.18. The highest BCUT2D eigenvalue weighted by atomic mass is 16.3. The van der Waals surface area contributed by atoms with Crippen molar-refractivity contribution in [3.8, 4) is 17.6 Å². The Balaban J connectivity index is 2.08. The van der Waals surface area contributed by atoms with Crippen LogP contribution in [-0.4, -0.2) is 10.2 Å². The van der Waals surface area contributed by atoms with E-state index in [0.29, 0.717) is 23.1 Å². The summed E-state index contributed by atoms with van der Waals surface area (Å²) in [6, 6.07) is 12.6. The molecule has 0 unspecified atom stereocenters. The van der Waals surface area contributed by atoms with E-state index in [2.05, 4.69) is 39.0 Å². The van der Waals surface area contributed by atoms with Crippen LogP contribution in [0.4, 0.5) is 0 Å². The van der Waals surface area contributed by atoms with E-state index in [9.17, 15) is 10.2 Å². The lowest BCUT2D eigenvalue weighted by Gasteiger charge is -2.08. The number of hydrogen-bond donors (Lipinski definition) is 2. The first-order chi connectivity index (χ1) is 13.4. The number of aromatic hydroxyl groups is 2. The molecule has 0 fully saturated rings. The quantitative estimate of drug-likeness (QED) is 0.437. The minimum Gasteiger partial charge on any atom is -0.507 e. The molecular formula is C25H27NO2. The summed E-state index contributed by atoms with van der Waals surface area (Å²) in [6.45, 7) is 6.25. The number of allylic oxidation sites excluding steroid dienone is 4. The van der Waals surface area contributed by atoms with Crippen LogP contribution >= 0.6 is 0 Å². The zero-order chi connectivity index (χ0) is 20.5. The van der Waals surface area contributed by atoms with E-state index in [4.69, 9.17) is 5.26 Å². The molecule has 0 saturated carbocycles. The molecule has 2 N–H and O–H groups in total. The van der Waals surface area contributed by atoms with Gasteiger partial charge in [0.25, 0.3) is 0 Å². The normalized spacial score (nSPS) is 11.4. The second-order valence-corrected chi connectivity index (χ2v) is 7.18. The van der Waals surface area contributed by atoms with Crippen molar-refractivity contribution in [1.29, 1.82) is 5.26 Å². The van der Waals surface area contributed by atoms with Crippen LogP contribution < -0.4 is 0 Å². The van der Waals surface area contributed by atoms with E-state index in [0.717, 1.165) is 18.4 Å². The van der Waals surface area contributed by atoms with Gasteiger partial charge in [-0.05, 0) is 75.4 Å². The van der Waals surface area contributed by atoms with Crippen molar-refractivity contribution in [2.45, 2.75) is 40.0 Å². The van der Waals surface area contributed by atoms with Crippen molar-refractivity contribution in [3.05, 3.63) is 82.0 Å². The molecule has 0 aromatic heterocycles. The van der Waals surface area contributed by atoms with Crippen LogP contribution in [0.25, 0.3) is 12.2 Å².